The van der Waals surface area contributed by atoms with Crippen molar-refractivity contribution in [1.29, 1.82) is 0 Å². The minimum atomic E-state index is -0.369. The van der Waals surface area contributed by atoms with Gasteiger partial charge in [0.15, 0.2) is 5.66 Å². The maximum Gasteiger partial charge on any atom is 0.251 e. The second-order valence-corrected chi connectivity index (χ2v) is 6.06. The van der Waals surface area contributed by atoms with Crippen LogP contribution in [-0.2, 0) is 0 Å². The number of amides is 1. The Morgan fingerprint density at radius 3 is 2.52 bits per heavy atom. The van der Waals surface area contributed by atoms with Crippen LogP contribution in [0.3, 0.4) is 0 Å². The molecule has 7 nitrogen and oxygen atoms in total. The Kier molecular flexibility index (Phi) is 4.61. The van der Waals surface area contributed by atoms with E-state index in [0.717, 1.165) is 17.9 Å². The first-order valence-corrected chi connectivity index (χ1v) is 8.19. The van der Waals surface area contributed by atoms with E-state index >= 15 is 0 Å². The summed E-state index contributed by atoms with van der Waals surface area (Å²) in [7, 11) is 0. The molecular formula is C18H20N6O. The van der Waals surface area contributed by atoms with E-state index in [1.165, 1.54) is 0 Å². The number of nitrogens with one attached hydrogen (secondary N) is 1. The standard InChI is InChI=1S/C18H20N6O/c1-4-5-10-18(22-23-18)11-12-19-17(25)15-6-8-16(9-7-15)24-14(3)20-13(2)21-24/h1,6-9H,5,10-12H2,2-3H3,(H,19,25). The zero-order valence-electron chi connectivity index (χ0n) is 14.4. The van der Waals surface area contributed by atoms with E-state index in [1.54, 1.807) is 16.8 Å². The monoisotopic (exact) mass is 336 g/mol. The molecule has 0 aliphatic carbocycles. The fourth-order valence-electron chi connectivity index (χ4n) is 2.67. The van der Waals surface area contributed by atoms with Gasteiger partial charge in [-0.1, -0.05) is 0 Å². The van der Waals surface area contributed by atoms with Crippen molar-refractivity contribution in [2.75, 3.05) is 6.54 Å². The van der Waals surface area contributed by atoms with Crippen molar-refractivity contribution < 1.29 is 4.79 Å². The highest BCUT2D eigenvalue weighted by Crippen LogP contribution is 2.36. The van der Waals surface area contributed by atoms with Crippen molar-refractivity contribution >= 4 is 5.91 Å². The van der Waals surface area contributed by atoms with E-state index in [2.05, 4.69) is 31.5 Å². The molecule has 0 saturated heterocycles. The van der Waals surface area contributed by atoms with Gasteiger partial charge in [-0.25, -0.2) is 9.67 Å². The minimum Gasteiger partial charge on any atom is -0.352 e. The van der Waals surface area contributed by atoms with Crippen LogP contribution in [0.5, 0.6) is 0 Å². The van der Waals surface area contributed by atoms with E-state index in [0.29, 0.717) is 30.8 Å². The summed E-state index contributed by atoms with van der Waals surface area (Å²) in [6, 6.07) is 7.27. The summed E-state index contributed by atoms with van der Waals surface area (Å²) in [4.78, 5) is 16.5. The van der Waals surface area contributed by atoms with E-state index < -0.39 is 0 Å². The number of hydrogen-bond donors (Lipinski definition) is 1. The molecule has 2 heterocycles. The van der Waals surface area contributed by atoms with Crippen molar-refractivity contribution in [3.63, 3.8) is 0 Å². The summed E-state index contributed by atoms with van der Waals surface area (Å²) >= 11 is 0. The molecule has 128 valence electrons. The summed E-state index contributed by atoms with van der Waals surface area (Å²) in [5, 5.41) is 15.4. The third kappa shape index (κ3) is 3.91. The molecule has 1 amide bonds. The number of terminal acetylenes is 1. The van der Waals surface area contributed by atoms with Crippen molar-refractivity contribution in [2.45, 2.75) is 38.8 Å². The molecule has 7 heteroatoms. The lowest BCUT2D eigenvalue weighted by Crippen LogP contribution is -2.28. The van der Waals surface area contributed by atoms with E-state index in [1.807, 2.05) is 26.0 Å². The fraction of sp³-hybridized carbons (Fsp3) is 0.389. The number of carbonyl (C=O) groups excluding carboxylic acids is 1. The van der Waals surface area contributed by atoms with E-state index in [9.17, 15) is 4.79 Å². The van der Waals surface area contributed by atoms with Crippen LogP contribution in [0.1, 0.15) is 41.3 Å². The molecule has 1 aromatic heterocycles. The number of aromatic nitrogens is 3. The van der Waals surface area contributed by atoms with Crippen molar-refractivity contribution in [2.24, 2.45) is 10.2 Å². The molecule has 0 atom stereocenters. The quantitative estimate of drug-likeness (QED) is 0.789. The Labute approximate surface area is 146 Å². The average Bonchev–Trinajstić information content (AvgIpc) is 3.29. The third-order valence-corrected chi connectivity index (χ3v) is 4.11. The van der Waals surface area contributed by atoms with Crippen LogP contribution >= 0.6 is 0 Å². The number of aryl methyl sites for hydroxylation is 2. The highest BCUT2D eigenvalue weighted by atomic mass is 16.1. The maximum absolute atomic E-state index is 12.2. The van der Waals surface area contributed by atoms with Crippen LogP contribution < -0.4 is 5.32 Å². The first-order valence-electron chi connectivity index (χ1n) is 8.19. The molecule has 1 aliphatic heterocycles. The van der Waals surface area contributed by atoms with Gasteiger partial charge in [0.2, 0.25) is 0 Å². The molecule has 0 fully saturated rings. The molecule has 1 N–H and O–H groups in total. The van der Waals surface area contributed by atoms with Gasteiger partial charge in [-0.05, 0) is 38.1 Å². The van der Waals surface area contributed by atoms with Crippen LogP contribution in [0, 0.1) is 26.2 Å². The highest BCUT2D eigenvalue weighted by Gasteiger charge is 2.38. The van der Waals surface area contributed by atoms with Crippen LogP contribution in [0.4, 0.5) is 0 Å². The number of rotatable bonds is 7. The lowest BCUT2D eigenvalue weighted by Gasteiger charge is -2.10. The SMILES string of the molecule is C#CCCC1(CCNC(=O)c2ccc(-n3nc(C)nc3C)cc2)N=N1. The van der Waals surface area contributed by atoms with Crippen LogP contribution in [0.2, 0.25) is 0 Å². The second-order valence-electron chi connectivity index (χ2n) is 6.06. The molecule has 25 heavy (non-hydrogen) atoms. The smallest absolute Gasteiger partial charge is 0.251 e. The van der Waals surface area contributed by atoms with Gasteiger partial charge in [-0.15, -0.1) is 12.3 Å². The third-order valence-electron chi connectivity index (χ3n) is 4.11. The van der Waals surface area contributed by atoms with Gasteiger partial charge in [-0.2, -0.15) is 15.3 Å². The lowest BCUT2D eigenvalue weighted by atomic mass is 10.0. The predicted octanol–water partition coefficient (Wildman–Crippen LogP) is 2.58. The van der Waals surface area contributed by atoms with Crippen LogP contribution in [0.25, 0.3) is 5.69 Å². The molecule has 0 unspecified atom stereocenters. The molecule has 0 spiro atoms. The largest absolute Gasteiger partial charge is 0.352 e. The number of nitrogens with zero attached hydrogens (tertiary/aromatic N) is 5. The lowest BCUT2D eigenvalue weighted by molar-refractivity contribution is 0.0952. The first-order chi connectivity index (χ1) is 12.0. The maximum atomic E-state index is 12.2. The van der Waals surface area contributed by atoms with Crippen molar-refractivity contribution in [1.82, 2.24) is 20.1 Å². The summed E-state index contributed by atoms with van der Waals surface area (Å²) in [6.45, 7) is 4.25. The van der Waals surface area contributed by atoms with Gasteiger partial charge in [0.25, 0.3) is 5.91 Å². The van der Waals surface area contributed by atoms with Crippen LogP contribution in [-0.4, -0.2) is 32.9 Å². The Hall–Kier alpha value is -3.01. The molecule has 0 radical (unpaired) electrons. The molecule has 0 saturated carbocycles. The Balaban J connectivity index is 1.55. The van der Waals surface area contributed by atoms with Crippen LogP contribution in [0.15, 0.2) is 34.5 Å². The summed E-state index contributed by atoms with van der Waals surface area (Å²) < 4.78 is 1.75. The van der Waals surface area contributed by atoms with Gasteiger partial charge < -0.3 is 5.32 Å². The van der Waals surface area contributed by atoms with Gasteiger partial charge in [0.05, 0.1) is 5.69 Å². The Bertz CT molecular complexity index is 837. The fourth-order valence-corrected chi connectivity index (χ4v) is 2.67. The number of benzene rings is 1. The zero-order chi connectivity index (χ0) is 17.9. The van der Waals surface area contributed by atoms with Gasteiger partial charge in [0, 0.05) is 31.4 Å². The molecule has 0 bridgehead atoms. The molecule has 2 aromatic rings. The molecule has 1 aliphatic rings. The average molecular weight is 336 g/mol. The summed E-state index contributed by atoms with van der Waals surface area (Å²) in [5.41, 5.74) is 1.10. The van der Waals surface area contributed by atoms with Crippen molar-refractivity contribution in [3.8, 4) is 18.0 Å². The normalized spacial score (nSPS) is 14.1. The second kappa shape index (κ2) is 6.85. The first kappa shape index (κ1) is 16.8. The molecular weight excluding hydrogens is 316 g/mol. The van der Waals surface area contributed by atoms with Gasteiger partial charge in [-0.3, -0.25) is 4.79 Å². The Morgan fingerprint density at radius 1 is 1.24 bits per heavy atom. The van der Waals surface area contributed by atoms with Gasteiger partial charge >= 0.3 is 0 Å². The van der Waals surface area contributed by atoms with Crippen molar-refractivity contribution in [3.05, 3.63) is 41.5 Å². The summed E-state index contributed by atoms with van der Waals surface area (Å²) in [5.74, 6) is 4.00. The Morgan fingerprint density at radius 2 is 1.96 bits per heavy atom. The zero-order valence-corrected chi connectivity index (χ0v) is 14.4. The van der Waals surface area contributed by atoms with E-state index in [-0.39, 0.29) is 11.6 Å². The molecule has 3 rings (SSSR count). The topological polar surface area (TPSA) is 84.5 Å². The number of hydrogen-bond acceptors (Lipinski definition) is 5. The van der Waals surface area contributed by atoms with Gasteiger partial charge in [0.1, 0.15) is 11.6 Å². The van der Waals surface area contributed by atoms with E-state index in [4.69, 9.17) is 6.42 Å². The highest BCUT2D eigenvalue weighted by molar-refractivity contribution is 5.94. The predicted molar refractivity (Wildman–Crippen MR) is 93.4 cm³/mol. The minimum absolute atomic E-state index is 0.120. The summed E-state index contributed by atoms with van der Waals surface area (Å²) in [6.07, 6.45) is 7.33. The number of carbonyl (C=O) groups is 1. The molecule has 1 aromatic carbocycles.